The summed E-state index contributed by atoms with van der Waals surface area (Å²) < 4.78 is 11.2. The standard InChI is InChI=1S/C9H14O3/c1-3-7-8-6(10)4-5-9(2,11-7)12-8/h7-8H,3-5H2,1-2H3/t7-,8+,9-/m0/s1. The fraction of sp³-hybridized carbons (Fsp3) is 0.889. The Hall–Kier alpha value is -0.410. The van der Waals surface area contributed by atoms with Crippen LogP contribution in [0.25, 0.3) is 0 Å². The van der Waals surface area contributed by atoms with E-state index in [-0.39, 0.29) is 18.0 Å². The van der Waals surface area contributed by atoms with E-state index >= 15 is 0 Å². The van der Waals surface area contributed by atoms with Crippen molar-refractivity contribution in [3.8, 4) is 0 Å². The van der Waals surface area contributed by atoms with E-state index in [2.05, 4.69) is 0 Å². The van der Waals surface area contributed by atoms with E-state index in [0.717, 1.165) is 6.42 Å². The molecule has 0 radical (unpaired) electrons. The number of fused-ring (bicyclic) bond motifs is 2. The molecule has 12 heavy (non-hydrogen) atoms. The van der Waals surface area contributed by atoms with Crippen molar-refractivity contribution >= 4 is 5.78 Å². The molecule has 0 N–H and O–H groups in total. The smallest absolute Gasteiger partial charge is 0.167 e. The molecule has 2 aliphatic rings. The van der Waals surface area contributed by atoms with Crippen LogP contribution in [0.2, 0.25) is 0 Å². The predicted molar refractivity (Wildman–Crippen MR) is 42.7 cm³/mol. The molecule has 0 amide bonds. The molecule has 0 unspecified atom stereocenters. The predicted octanol–water partition coefficient (Wildman–Crippen LogP) is 1.26. The summed E-state index contributed by atoms with van der Waals surface area (Å²) in [6.07, 6.45) is 1.88. The van der Waals surface area contributed by atoms with E-state index in [0.29, 0.717) is 12.8 Å². The second kappa shape index (κ2) is 2.54. The zero-order valence-corrected chi connectivity index (χ0v) is 7.50. The first-order chi connectivity index (χ1) is 5.64. The van der Waals surface area contributed by atoms with Crippen molar-refractivity contribution in [2.75, 3.05) is 0 Å². The Morgan fingerprint density at radius 3 is 3.00 bits per heavy atom. The number of hydrogen-bond acceptors (Lipinski definition) is 3. The maximum atomic E-state index is 11.4. The van der Waals surface area contributed by atoms with E-state index in [9.17, 15) is 4.79 Å². The van der Waals surface area contributed by atoms with Gasteiger partial charge in [-0.3, -0.25) is 4.79 Å². The van der Waals surface area contributed by atoms with Gasteiger partial charge < -0.3 is 9.47 Å². The molecular weight excluding hydrogens is 156 g/mol. The molecule has 3 heteroatoms. The Balaban J connectivity index is 2.20. The number of rotatable bonds is 1. The molecule has 2 bridgehead atoms. The Morgan fingerprint density at radius 1 is 1.58 bits per heavy atom. The van der Waals surface area contributed by atoms with Crippen molar-refractivity contribution in [2.45, 2.75) is 51.1 Å². The summed E-state index contributed by atoms with van der Waals surface area (Å²) in [5, 5.41) is 0. The van der Waals surface area contributed by atoms with Crippen LogP contribution in [0.3, 0.4) is 0 Å². The molecule has 2 aliphatic heterocycles. The summed E-state index contributed by atoms with van der Waals surface area (Å²) in [5.41, 5.74) is 0. The monoisotopic (exact) mass is 170 g/mol. The van der Waals surface area contributed by atoms with E-state index in [1.807, 2.05) is 13.8 Å². The van der Waals surface area contributed by atoms with E-state index < -0.39 is 5.79 Å². The second-order valence-corrected chi connectivity index (χ2v) is 3.70. The number of ether oxygens (including phenoxy) is 2. The highest BCUT2D eigenvalue weighted by molar-refractivity contribution is 5.84. The molecule has 2 heterocycles. The summed E-state index contributed by atoms with van der Waals surface area (Å²) in [4.78, 5) is 11.4. The zero-order chi connectivity index (χ0) is 8.77. The van der Waals surface area contributed by atoms with Gasteiger partial charge in [-0.25, -0.2) is 0 Å². The SMILES string of the molecule is CC[C@@H]1O[C@]2(C)CCC(=O)[C@H]1O2. The van der Waals surface area contributed by atoms with Crippen LogP contribution in [0, 0.1) is 0 Å². The molecule has 0 aromatic carbocycles. The van der Waals surface area contributed by atoms with Gasteiger partial charge in [0.15, 0.2) is 11.6 Å². The molecular formula is C9H14O3. The van der Waals surface area contributed by atoms with Gasteiger partial charge in [-0.2, -0.15) is 0 Å². The van der Waals surface area contributed by atoms with E-state index in [1.54, 1.807) is 0 Å². The molecule has 0 saturated carbocycles. The Morgan fingerprint density at radius 2 is 2.33 bits per heavy atom. The first-order valence-electron chi connectivity index (χ1n) is 4.53. The van der Waals surface area contributed by atoms with Crippen LogP contribution in [0.4, 0.5) is 0 Å². The molecule has 2 rings (SSSR count). The first-order valence-corrected chi connectivity index (χ1v) is 4.53. The number of ketones is 1. The normalized spacial score (nSPS) is 46.7. The van der Waals surface area contributed by atoms with Gasteiger partial charge in [0.1, 0.15) is 6.10 Å². The third-order valence-electron chi connectivity index (χ3n) is 2.66. The summed E-state index contributed by atoms with van der Waals surface area (Å²) in [7, 11) is 0. The average Bonchev–Trinajstić information content (AvgIpc) is 2.34. The van der Waals surface area contributed by atoms with Gasteiger partial charge in [0.25, 0.3) is 0 Å². The van der Waals surface area contributed by atoms with Crippen LogP contribution in [0.15, 0.2) is 0 Å². The van der Waals surface area contributed by atoms with Crippen LogP contribution in [-0.2, 0) is 14.3 Å². The minimum atomic E-state index is -0.473. The van der Waals surface area contributed by atoms with Crippen molar-refractivity contribution in [1.82, 2.24) is 0 Å². The molecule has 3 nitrogen and oxygen atoms in total. The lowest BCUT2D eigenvalue weighted by atomic mass is 10.0. The topological polar surface area (TPSA) is 35.5 Å². The molecule has 0 aromatic heterocycles. The average molecular weight is 170 g/mol. The fourth-order valence-corrected chi connectivity index (χ4v) is 1.94. The molecule has 0 aliphatic carbocycles. The molecule has 2 saturated heterocycles. The minimum Gasteiger partial charge on any atom is -0.344 e. The van der Waals surface area contributed by atoms with Crippen LogP contribution < -0.4 is 0 Å². The zero-order valence-electron chi connectivity index (χ0n) is 7.50. The Bertz CT molecular complexity index is 214. The number of carbonyl (C=O) groups is 1. The maximum Gasteiger partial charge on any atom is 0.167 e. The molecule has 3 atom stereocenters. The summed E-state index contributed by atoms with van der Waals surface area (Å²) in [6, 6.07) is 0. The number of carbonyl (C=O) groups excluding carboxylic acids is 1. The van der Waals surface area contributed by atoms with Gasteiger partial charge >= 0.3 is 0 Å². The van der Waals surface area contributed by atoms with Gasteiger partial charge in [0.2, 0.25) is 0 Å². The highest BCUT2D eigenvalue weighted by Crippen LogP contribution is 2.38. The van der Waals surface area contributed by atoms with Crippen molar-refractivity contribution in [3.05, 3.63) is 0 Å². The highest BCUT2D eigenvalue weighted by Gasteiger charge is 2.50. The van der Waals surface area contributed by atoms with Crippen molar-refractivity contribution in [1.29, 1.82) is 0 Å². The number of hydrogen-bond donors (Lipinski definition) is 0. The van der Waals surface area contributed by atoms with Crippen molar-refractivity contribution < 1.29 is 14.3 Å². The van der Waals surface area contributed by atoms with Crippen LogP contribution in [0.1, 0.15) is 33.1 Å². The Kier molecular flexibility index (Phi) is 1.73. The van der Waals surface area contributed by atoms with Gasteiger partial charge in [0.05, 0.1) is 6.10 Å². The fourth-order valence-electron chi connectivity index (χ4n) is 1.94. The van der Waals surface area contributed by atoms with Crippen LogP contribution in [-0.4, -0.2) is 23.8 Å². The Labute approximate surface area is 72.0 Å². The van der Waals surface area contributed by atoms with Gasteiger partial charge in [-0.15, -0.1) is 0 Å². The summed E-state index contributed by atoms with van der Waals surface area (Å²) in [5.74, 6) is -0.268. The minimum absolute atomic E-state index is 0.00926. The van der Waals surface area contributed by atoms with Crippen molar-refractivity contribution in [2.24, 2.45) is 0 Å². The van der Waals surface area contributed by atoms with Crippen molar-refractivity contribution in [3.63, 3.8) is 0 Å². The molecule has 0 aromatic rings. The molecule has 68 valence electrons. The number of Topliss-reactive ketones (excluding diaryl/α,β-unsaturated/α-hetero) is 1. The molecule has 0 spiro atoms. The lowest BCUT2D eigenvalue weighted by molar-refractivity contribution is -0.183. The van der Waals surface area contributed by atoms with Gasteiger partial charge in [-0.05, 0) is 13.3 Å². The van der Waals surface area contributed by atoms with Gasteiger partial charge in [-0.1, -0.05) is 6.92 Å². The third-order valence-corrected chi connectivity index (χ3v) is 2.66. The van der Waals surface area contributed by atoms with Crippen LogP contribution >= 0.6 is 0 Å². The highest BCUT2D eigenvalue weighted by atomic mass is 16.8. The lowest BCUT2D eigenvalue weighted by Gasteiger charge is -2.26. The van der Waals surface area contributed by atoms with E-state index in [1.165, 1.54) is 0 Å². The van der Waals surface area contributed by atoms with Gasteiger partial charge in [0, 0.05) is 12.8 Å². The largest absolute Gasteiger partial charge is 0.344 e. The second-order valence-electron chi connectivity index (χ2n) is 3.70. The van der Waals surface area contributed by atoms with Crippen LogP contribution in [0.5, 0.6) is 0 Å². The van der Waals surface area contributed by atoms with E-state index in [4.69, 9.17) is 9.47 Å². The maximum absolute atomic E-state index is 11.4. The summed E-state index contributed by atoms with van der Waals surface area (Å²) >= 11 is 0. The first kappa shape index (κ1) is 8.20. The third kappa shape index (κ3) is 1.08. The summed E-state index contributed by atoms with van der Waals surface area (Å²) in [6.45, 7) is 3.94. The quantitative estimate of drug-likeness (QED) is 0.594. The molecule has 2 fully saturated rings. The lowest BCUT2D eigenvalue weighted by Crippen LogP contribution is -2.36.